The van der Waals surface area contributed by atoms with E-state index in [0.717, 1.165) is 11.3 Å². The third-order valence-electron chi connectivity index (χ3n) is 2.31. The number of hydrogen-bond donors (Lipinski definition) is 2. The van der Waals surface area contributed by atoms with E-state index < -0.39 is 0 Å². The fraction of sp³-hybridized carbons (Fsp3) is 0.538. The van der Waals surface area contributed by atoms with E-state index in [1.165, 1.54) is 0 Å². The smallest absolute Gasteiger partial charge is 0.124 e. The Morgan fingerprint density at radius 1 is 1.31 bits per heavy atom. The molecular formula is C13H21NO2. The largest absolute Gasteiger partial charge is 0.494 e. The number of rotatable bonds is 6. The Morgan fingerprint density at radius 2 is 2.00 bits per heavy atom. The zero-order chi connectivity index (χ0) is 12.0. The number of aliphatic hydroxyl groups is 1. The summed E-state index contributed by atoms with van der Waals surface area (Å²) in [7, 11) is 0. The molecule has 0 aliphatic rings. The Hall–Kier alpha value is -1.06. The van der Waals surface area contributed by atoms with Crippen molar-refractivity contribution in [1.29, 1.82) is 0 Å². The average molecular weight is 223 g/mol. The summed E-state index contributed by atoms with van der Waals surface area (Å²) >= 11 is 0. The summed E-state index contributed by atoms with van der Waals surface area (Å²) < 4.78 is 5.55. The maximum atomic E-state index is 9.40. The van der Waals surface area contributed by atoms with Gasteiger partial charge in [0, 0.05) is 11.6 Å². The third kappa shape index (κ3) is 3.51. The van der Waals surface area contributed by atoms with Crippen LogP contribution < -0.4 is 10.1 Å². The van der Waals surface area contributed by atoms with Gasteiger partial charge in [-0.3, -0.25) is 0 Å². The van der Waals surface area contributed by atoms with Crippen molar-refractivity contribution in [2.24, 2.45) is 0 Å². The van der Waals surface area contributed by atoms with Crippen molar-refractivity contribution in [1.82, 2.24) is 5.32 Å². The van der Waals surface area contributed by atoms with Crippen LogP contribution in [-0.4, -0.2) is 24.4 Å². The first-order valence-electron chi connectivity index (χ1n) is 5.77. The maximum Gasteiger partial charge on any atom is 0.124 e. The van der Waals surface area contributed by atoms with E-state index in [2.05, 4.69) is 19.2 Å². The molecule has 16 heavy (non-hydrogen) atoms. The maximum absolute atomic E-state index is 9.40. The lowest BCUT2D eigenvalue weighted by Gasteiger charge is -2.21. The summed E-state index contributed by atoms with van der Waals surface area (Å²) in [5.74, 6) is 0.845. The van der Waals surface area contributed by atoms with Gasteiger partial charge in [-0.15, -0.1) is 0 Å². The first-order chi connectivity index (χ1) is 7.69. The summed E-state index contributed by atoms with van der Waals surface area (Å²) in [6.07, 6.45) is 0. The normalized spacial score (nSPS) is 12.8. The monoisotopic (exact) mass is 223 g/mol. The van der Waals surface area contributed by atoms with E-state index in [1.54, 1.807) is 0 Å². The molecule has 1 rings (SSSR count). The van der Waals surface area contributed by atoms with Gasteiger partial charge < -0.3 is 15.2 Å². The molecule has 1 aromatic carbocycles. The van der Waals surface area contributed by atoms with Crippen LogP contribution in [0.15, 0.2) is 24.3 Å². The quantitative estimate of drug-likeness (QED) is 0.776. The highest BCUT2D eigenvalue weighted by atomic mass is 16.5. The molecule has 90 valence electrons. The molecule has 0 heterocycles. The molecular weight excluding hydrogens is 202 g/mol. The van der Waals surface area contributed by atoms with Crippen LogP contribution in [0.2, 0.25) is 0 Å². The topological polar surface area (TPSA) is 41.5 Å². The van der Waals surface area contributed by atoms with Crippen LogP contribution in [0.5, 0.6) is 5.75 Å². The molecule has 0 aliphatic heterocycles. The molecule has 3 heteroatoms. The lowest BCUT2D eigenvalue weighted by molar-refractivity contribution is 0.232. The second kappa shape index (κ2) is 6.51. The SMILES string of the molecule is CCOc1ccccc1C(CO)NC(C)C. The van der Waals surface area contributed by atoms with Crippen molar-refractivity contribution in [3.05, 3.63) is 29.8 Å². The molecule has 0 aromatic heterocycles. The summed E-state index contributed by atoms with van der Waals surface area (Å²) in [5, 5.41) is 12.7. The van der Waals surface area contributed by atoms with E-state index in [-0.39, 0.29) is 12.6 Å². The number of aliphatic hydroxyl groups excluding tert-OH is 1. The van der Waals surface area contributed by atoms with E-state index >= 15 is 0 Å². The first-order valence-corrected chi connectivity index (χ1v) is 5.77. The molecule has 0 saturated heterocycles. The molecule has 3 nitrogen and oxygen atoms in total. The van der Waals surface area contributed by atoms with Gasteiger partial charge in [-0.25, -0.2) is 0 Å². The van der Waals surface area contributed by atoms with Gasteiger partial charge in [0.25, 0.3) is 0 Å². The van der Waals surface area contributed by atoms with Gasteiger partial charge in [-0.2, -0.15) is 0 Å². The van der Waals surface area contributed by atoms with Crippen molar-refractivity contribution < 1.29 is 9.84 Å². The van der Waals surface area contributed by atoms with Gasteiger partial charge in [0.2, 0.25) is 0 Å². The van der Waals surface area contributed by atoms with Crippen molar-refractivity contribution >= 4 is 0 Å². The van der Waals surface area contributed by atoms with Gasteiger partial charge in [0.1, 0.15) is 5.75 Å². The number of benzene rings is 1. The van der Waals surface area contributed by atoms with E-state index in [1.807, 2.05) is 31.2 Å². The fourth-order valence-electron chi connectivity index (χ4n) is 1.70. The molecule has 0 aliphatic carbocycles. The van der Waals surface area contributed by atoms with Crippen LogP contribution in [0.1, 0.15) is 32.4 Å². The lowest BCUT2D eigenvalue weighted by Crippen LogP contribution is -2.30. The van der Waals surface area contributed by atoms with Crippen molar-refractivity contribution in [3.63, 3.8) is 0 Å². The summed E-state index contributed by atoms with van der Waals surface area (Å²) in [4.78, 5) is 0. The second-order valence-electron chi connectivity index (χ2n) is 4.03. The molecule has 0 bridgehead atoms. The molecule has 1 aromatic rings. The number of para-hydroxylation sites is 1. The summed E-state index contributed by atoms with van der Waals surface area (Å²) in [6.45, 7) is 6.79. The summed E-state index contributed by atoms with van der Waals surface area (Å²) in [5.41, 5.74) is 1.01. The molecule has 1 unspecified atom stereocenters. The molecule has 0 radical (unpaired) electrons. The zero-order valence-electron chi connectivity index (χ0n) is 10.2. The zero-order valence-corrected chi connectivity index (χ0v) is 10.2. The fourth-order valence-corrected chi connectivity index (χ4v) is 1.70. The van der Waals surface area contributed by atoms with Gasteiger partial charge in [-0.1, -0.05) is 32.0 Å². The second-order valence-corrected chi connectivity index (χ2v) is 4.03. The van der Waals surface area contributed by atoms with E-state index in [4.69, 9.17) is 4.74 Å². The van der Waals surface area contributed by atoms with Gasteiger partial charge >= 0.3 is 0 Å². The molecule has 2 N–H and O–H groups in total. The standard InChI is InChI=1S/C13H21NO2/c1-4-16-13-8-6-5-7-11(13)12(9-15)14-10(2)3/h5-8,10,12,14-15H,4,9H2,1-3H3. The summed E-state index contributed by atoms with van der Waals surface area (Å²) in [6, 6.07) is 8.08. The third-order valence-corrected chi connectivity index (χ3v) is 2.31. The van der Waals surface area contributed by atoms with Crippen LogP contribution >= 0.6 is 0 Å². The minimum Gasteiger partial charge on any atom is -0.494 e. The average Bonchev–Trinajstić information content (AvgIpc) is 2.27. The van der Waals surface area contributed by atoms with Crippen LogP contribution in [0.4, 0.5) is 0 Å². The Morgan fingerprint density at radius 3 is 2.56 bits per heavy atom. The highest BCUT2D eigenvalue weighted by Crippen LogP contribution is 2.25. The Bertz CT molecular complexity index is 313. The number of nitrogens with one attached hydrogen (secondary N) is 1. The van der Waals surface area contributed by atoms with E-state index in [9.17, 15) is 5.11 Å². The Balaban J connectivity index is 2.89. The molecule has 1 atom stereocenters. The first kappa shape index (κ1) is 13.0. The Labute approximate surface area is 97.4 Å². The molecule has 0 amide bonds. The predicted octanol–water partition coefficient (Wildman–Crippen LogP) is 2.12. The molecule has 0 spiro atoms. The van der Waals surface area contributed by atoms with Gasteiger partial charge in [0.05, 0.1) is 19.3 Å². The van der Waals surface area contributed by atoms with Crippen molar-refractivity contribution in [3.8, 4) is 5.75 Å². The number of ether oxygens (including phenoxy) is 1. The minimum absolute atomic E-state index is 0.0669. The van der Waals surface area contributed by atoms with Gasteiger partial charge in [-0.05, 0) is 13.0 Å². The highest BCUT2D eigenvalue weighted by Gasteiger charge is 2.15. The molecule has 0 saturated carbocycles. The van der Waals surface area contributed by atoms with Crippen LogP contribution in [0.3, 0.4) is 0 Å². The van der Waals surface area contributed by atoms with E-state index in [0.29, 0.717) is 12.6 Å². The van der Waals surface area contributed by atoms with Crippen LogP contribution in [0, 0.1) is 0 Å². The predicted molar refractivity (Wildman–Crippen MR) is 65.7 cm³/mol. The minimum atomic E-state index is -0.0669. The lowest BCUT2D eigenvalue weighted by atomic mass is 10.1. The van der Waals surface area contributed by atoms with Gasteiger partial charge in [0.15, 0.2) is 0 Å². The van der Waals surface area contributed by atoms with Crippen LogP contribution in [0.25, 0.3) is 0 Å². The molecule has 0 fully saturated rings. The van der Waals surface area contributed by atoms with Crippen molar-refractivity contribution in [2.75, 3.05) is 13.2 Å². The Kier molecular flexibility index (Phi) is 5.29. The number of hydrogen-bond acceptors (Lipinski definition) is 3. The van der Waals surface area contributed by atoms with Crippen LogP contribution in [-0.2, 0) is 0 Å². The van der Waals surface area contributed by atoms with Crippen molar-refractivity contribution in [2.45, 2.75) is 32.9 Å². The highest BCUT2D eigenvalue weighted by molar-refractivity contribution is 5.36.